The van der Waals surface area contributed by atoms with E-state index < -0.39 is 0 Å². The third-order valence-corrected chi connectivity index (χ3v) is 11.5. The highest BCUT2D eigenvalue weighted by Gasteiger charge is 2.18. The van der Waals surface area contributed by atoms with Gasteiger partial charge in [0.25, 0.3) is 0 Å². The maximum Gasteiger partial charge on any atom is 0.164 e. The number of hydrogen-bond donors (Lipinski definition) is 0. The molecule has 0 bridgehead atoms. The van der Waals surface area contributed by atoms with E-state index in [2.05, 4.69) is 145 Å². The first-order valence-electron chi connectivity index (χ1n) is 21.3. The van der Waals surface area contributed by atoms with E-state index in [1.54, 1.807) is 0 Å². The van der Waals surface area contributed by atoms with E-state index in [9.17, 15) is 0 Å². The molecule has 11 aromatic rings. The van der Waals surface area contributed by atoms with Crippen LogP contribution in [0.3, 0.4) is 0 Å². The Morgan fingerprint density at radius 2 is 0.719 bits per heavy atom. The average Bonchev–Trinajstić information content (AvgIpc) is 3.39. The summed E-state index contributed by atoms with van der Waals surface area (Å²) in [5.41, 5.74) is 13.8. The minimum Gasteiger partial charge on any atom is -0.264 e. The molecule has 0 unspecified atom stereocenters. The van der Waals surface area contributed by atoms with Crippen LogP contribution in [-0.4, -0.2) is 29.9 Å². The zero-order valence-electron chi connectivity index (χ0n) is 34.6. The molecule has 300 valence electrons. The van der Waals surface area contributed by atoms with Crippen LogP contribution in [0, 0.1) is 0 Å². The van der Waals surface area contributed by atoms with Gasteiger partial charge in [-0.05, 0) is 62.9 Å². The Kier molecular flexibility index (Phi) is 10.1. The van der Waals surface area contributed by atoms with E-state index in [4.69, 9.17) is 24.9 Å². The Morgan fingerprint density at radius 1 is 0.234 bits per heavy atom. The standard InChI is InChI=1S/C58H38N6/c1-4-16-41(17-5-1)53-37-54(42-18-6-2-7-19-42)61-55(60-53)44-29-27-40(28-30-44)50-33-32-46(36-52(50)48-23-14-34-59-38-48)49-24-12-13-25-51(49)58-63-56(43-20-8-3-9-21-43)62-57(64-58)47-31-26-39-15-10-11-22-45(39)35-47/h1-38H. The van der Waals surface area contributed by atoms with E-state index in [-0.39, 0.29) is 0 Å². The Bertz CT molecular complexity index is 3360. The van der Waals surface area contributed by atoms with Gasteiger partial charge in [-0.3, -0.25) is 4.98 Å². The normalized spacial score (nSPS) is 11.1. The first-order valence-corrected chi connectivity index (χ1v) is 21.3. The highest BCUT2D eigenvalue weighted by molar-refractivity contribution is 5.91. The summed E-state index contributed by atoms with van der Waals surface area (Å²) in [6.45, 7) is 0. The number of pyridine rings is 1. The molecule has 0 spiro atoms. The molecule has 6 nitrogen and oxygen atoms in total. The number of rotatable bonds is 9. The summed E-state index contributed by atoms with van der Waals surface area (Å²) < 4.78 is 0. The van der Waals surface area contributed by atoms with Crippen molar-refractivity contribution >= 4 is 10.8 Å². The van der Waals surface area contributed by atoms with Gasteiger partial charge >= 0.3 is 0 Å². The van der Waals surface area contributed by atoms with Crippen LogP contribution in [0.2, 0.25) is 0 Å². The molecule has 0 fully saturated rings. The van der Waals surface area contributed by atoms with Gasteiger partial charge in [0.2, 0.25) is 0 Å². The van der Waals surface area contributed by atoms with Gasteiger partial charge in [0.1, 0.15) is 0 Å². The van der Waals surface area contributed by atoms with Crippen LogP contribution in [-0.2, 0) is 0 Å². The van der Waals surface area contributed by atoms with Crippen LogP contribution < -0.4 is 0 Å². The Labute approximate surface area is 371 Å². The number of fused-ring (bicyclic) bond motifs is 1. The molecule has 64 heavy (non-hydrogen) atoms. The maximum atomic E-state index is 5.17. The molecule has 6 heteroatoms. The molecule has 0 radical (unpaired) electrons. The largest absolute Gasteiger partial charge is 0.264 e. The summed E-state index contributed by atoms with van der Waals surface area (Å²) >= 11 is 0. The monoisotopic (exact) mass is 818 g/mol. The molecule has 11 rings (SSSR count). The van der Waals surface area contributed by atoms with Crippen LogP contribution in [0.25, 0.3) is 112 Å². The second-order valence-electron chi connectivity index (χ2n) is 15.6. The number of nitrogens with zero attached hydrogens (tertiary/aromatic N) is 6. The lowest BCUT2D eigenvalue weighted by atomic mass is 9.90. The van der Waals surface area contributed by atoms with Crippen LogP contribution in [0.5, 0.6) is 0 Å². The third-order valence-electron chi connectivity index (χ3n) is 11.5. The Hall–Kier alpha value is -8.74. The molecule has 0 saturated carbocycles. The van der Waals surface area contributed by atoms with Crippen LogP contribution in [0.15, 0.2) is 231 Å². The SMILES string of the molecule is c1ccc(-c2cc(-c3ccccc3)nc(-c3ccc(-c4ccc(-c5ccccc5-c5nc(-c6ccccc6)nc(-c6ccc7ccccc7c6)n5)cc4-c4cccnc4)cc3)n2)cc1. The van der Waals surface area contributed by atoms with E-state index >= 15 is 0 Å². The van der Waals surface area contributed by atoms with Crippen LogP contribution in [0.4, 0.5) is 0 Å². The highest BCUT2D eigenvalue weighted by atomic mass is 15.0. The number of aromatic nitrogens is 6. The van der Waals surface area contributed by atoms with Gasteiger partial charge < -0.3 is 0 Å². The van der Waals surface area contributed by atoms with Crippen molar-refractivity contribution in [3.05, 3.63) is 231 Å². The summed E-state index contributed by atoms with van der Waals surface area (Å²) in [4.78, 5) is 30.0. The van der Waals surface area contributed by atoms with Gasteiger partial charge in [0.05, 0.1) is 11.4 Å². The molecular formula is C58H38N6. The molecule has 0 saturated heterocycles. The van der Waals surface area contributed by atoms with Gasteiger partial charge in [-0.15, -0.1) is 0 Å². The Morgan fingerprint density at radius 3 is 1.39 bits per heavy atom. The fraction of sp³-hybridized carbons (Fsp3) is 0. The molecule has 0 aliphatic rings. The quantitative estimate of drug-likeness (QED) is 0.144. The van der Waals surface area contributed by atoms with Crippen molar-refractivity contribution in [2.24, 2.45) is 0 Å². The third kappa shape index (κ3) is 7.72. The van der Waals surface area contributed by atoms with E-state index in [1.165, 1.54) is 0 Å². The fourth-order valence-corrected chi connectivity index (χ4v) is 8.21. The molecule has 3 aromatic heterocycles. The van der Waals surface area contributed by atoms with Crippen molar-refractivity contribution < 1.29 is 0 Å². The molecule has 0 aliphatic heterocycles. The van der Waals surface area contributed by atoms with Crippen molar-refractivity contribution in [1.82, 2.24) is 29.9 Å². The van der Waals surface area contributed by atoms with Crippen molar-refractivity contribution in [2.45, 2.75) is 0 Å². The second-order valence-corrected chi connectivity index (χ2v) is 15.6. The van der Waals surface area contributed by atoms with Gasteiger partial charge in [-0.2, -0.15) is 0 Å². The summed E-state index contributed by atoms with van der Waals surface area (Å²) in [6.07, 6.45) is 3.73. The number of hydrogen-bond acceptors (Lipinski definition) is 6. The molecule has 3 heterocycles. The van der Waals surface area contributed by atoms with Crippen LogP contribution >= 0.6 is 0 Å². The molecule has 0 atom stereocenters. The van der Waals surface area contributed by atoms with Gasteiger partial charge in [-0.1, -0.05) is 194 Å². The predicted molar refractivity (Wildman–Crippen MR) is 260 cm³/mol. The van der Waals surface area contributed by atoms with Crippen molar-refractivity contribution in [2.75, 3.05) is 0 Å². The summed E-state index contributed by atoms with van der Waals surface area (Å²) in [5, 5.41) is 2.29. The fourth-order valence-electron chi connectivity index (χ4n) is 8.21. The minimum absolute atomic E-state index is 0.601. The van der Waals surface area contributed by atoms with Crippen molar-refractivity contribution in [3.63, 3.8) is 0 Å². The summed E-state index contributed by atoms with van der Waals surface area (Å²) in [6, 6.07) is 75.0. The topological polar surface area (TPSA) is 77.3 Å². The predicted octanol–water partition coefficient (Wildman–Crippen LogP) is 14.2. The van der Waals surface area contributed by atoms with E-state index in [1.807, 2.05) is 91.3 Å². The lowest BCUT2D eigenvalue weighted by Gasteiger charge is -2.16. The van der Waals surface area contributed by atoms with E-state index in [0.717, 1.165) is 88.9 Å². The number of benzene rings is 8. The van der Waals surface area contributed by atoms with Crippen molar-refractivity contribution in [3.8, 4) is 101 Å². The van der Waals surface area contributed by atoms with Gasteiger partial charge in [0.15, 0.2) is 23.3 Å². The Balaban J connectivity index is 1.00. The molecule has 0 aliphatic carbocycles. The first kappa shape index (κ1) is 38.2. The van der Waals surface area contributed by atoms with Crippen molar-refractivity contribution in [1.29, 1.82) is 0 Å². The lowest BCUT2D eigenvalue weighted by molar-refractivity contribution is 1.07. The summed E-state index contributed by atoms with van der Waals surface area (Å²) in [7, 11) is 0. The second kappa shape index (κ2) is 17.0. The van der Waals surface area contributed by atoms with Gasteiger partial charge in [-0.25, -0.2) is 24.9 Å². The zero-order chi connectivity index (χ0) is 42.7. The minimum atomic E-state index is 0.601. The molecule has 0 N–H and O–H groups in total. The average molecular weight is 819 g/mol. The maximum absolute atomic E-state index is 5.17. The summed E-state index contributed by atoms with van der Waals surface area (Å²) in [5.74, 6) is 2.51. The molecule has 0 amide bonds. The lowest BCUT2D eigenvalue weighted by Crippen LogP contribution is -2.01. The molecular weight excluding hydrogens is 781 g/mol. The van der Waals surface area contributed by atoms with Crippen LogP contribution in [0.1, 0.15) is 0 Å². The zero-order valence-corrected chi connectivity index (χ0v) is 34.6. The van der Waals surface area contributed by atoms with Gasteiger partial charge in [0, 0.05) is 51.3 Å². The van der Waals surface area contributed by atoms with E-state index in [0.29, 0.717) is 23.3 Å². The molecule has 8 aromatic carbocycles. The smallest absolute Gasteiger partial charge is 0.164 e. The highest BCUT2D eigenvalue weighted by Crippen LogP contribution is 2.40. The first-order chi connectivity index (χ1) is 31.7.